The maximum Gasteiger partial charge on any atom is 0.236 e. The van der Waals surface area contributed by atoms with Crippen molar-refractivity contribution in [2.75, 3.05) is 17.3 Å². The molecule has 0 unspecified atom stereocenters. The highest BCUT2D eigenvalue weighted by atomic mass is 35.5. The molecule has 0 saturated carbocycles. The lowest BCUT2D eigenvalue weighted by atomic mass is 10.2. The molecule has 1 aromatic carbocycles. The fourth-order valence-electron chi connectivity index (χ4n) is 1.41. The molecule has 3 nitrogen and oxygen atoms in total. The zero-order chi connectivity index (χ0) is 13.0. The van der Waals surface area contributed by atoms with Gasteiger partial charge >= 0.3 is 0 Å². The number of thiazole rings is 1. The van der Waals surface area contributed by atoms with Gasteiger partial charge in [-0.2, -0.15) is 11.8 Å². The van der Waals surface area contributed by atoms with Gasteiger partial charge in [0, 0.05) is 16.0 Å². The van der Waals surface area contributed by atoms with Gasteiger partial charge in [-0.05, 0) is 12.3 Å². The first-order valence-electron chi connectivity index (χ1n) is 5.20. The molecule has 0 aliphatic heterocycles. The quantitative estimate of drug-likeness (QED) is 0.934. The largest absolute Gasteiger partial charge is 0.301 e. The smallest absolute Gasteiger partial charge is 0.236 e. The first-order valence-corrected chi connectivity index (χ1v) is 7.85. The monoisotopic (exact) mass is 298 g/mol. The van der Waals surface area contributed by atoms with E-state index in [1.54, 1.807) is 0 Å². The lowest BCUT2D eigenvalue weighted by Gasteiger charge is -2.00. The second-order valence-electron chi connectivity index (χ2n) is 3.50. The van der Waals surface area contributed by atoms with Gasteiger partial charge in [0.15, 0.2) is 5.13 Å². The Balaban J connectivity index is 2.16. The van der Waals surface area contributed by atoms with Crippen molar-refractivity contribution in [2.24, 2.45) is 0 Å². The molecule has 2 rings (SSSR count). The summed E-state index contributed by atoms with van der Waals surface area (Å²) in [6, 6.07) is 7.51. The van der Waals surface area contributed by atoms with Crippen LogP contribution in [0.4, 0.5) is 5.13 Å². The van der Waals surface area contributed by atoms with Gasteiger partial charge in [0.05, 0.1) is 11.4 Å². The van der Waals surface area contributed by atoms with E-state index in [1.807, 2.05) is 35.9 Å². The van der Waals surface area contributed by atoms with E-state index in [2.05, 4.69) is 10.3 Å². The summed E-state index contributed by atoms with van der Waals surface area (Å²) in [4.78, 5) is 15.8. The Morgan fingerprint density at radius 3 is 3.00 bits per heavy atom. The molecule has 1 N–H and O–H groups in total. The van der Waals surface area contributed by atoms with E-state index in [1.165, 1.54) is 23.1 Å². The number of anilines is 1. The standard InChI is InChI=1S/C12H11ClN2OS2/c1-17-7-11(16)15-12-14-10(6-18-12)8-4-2-3-5-9(8)13/h2-6H,7H2,1H3,(H,14,15,16). The molecule has 1 aromatic heterocycles. The number of thioether (sulfide) groups is 1. The number of rotatable bonds is 4. The summed E-state index contributed by atoms with van der Waals surface area (Å²) in [7, 11) is 0. The zero-order valence-electron chi connectivity index (χ0n) is 9.64. The number of carbonyl (C=O) groups is 1. The van der Waals surface area contributed by atoms with Crippen LogP contribution in [0, 0.1) is 0 Å². The lowest BCUT2D eigenvalue weighted by molar-refractivity contribution is -0.113. The number of amides is 1. The van der Waals surface area contributed by atoms with Gasteiger partial charge in [-0.1, -0.05) is 29.8 Å². The number of nitrogens with one attached hydrogen (secondary N) is 1. The Hall–Kier alpha value is -1.04. The highest BCUT2D eigenvalue weighted by molar-refractivity contribution is 7.99. The van der Waals surface area contributed by atoms with Crippen LogP contribution in [0.2, 0.25) is 5.02 Å². The topological polar surface area (TPSA) is 42.0 Å². The highest BCUT2D eigenvalue weighted by Gasteiger charge is 2.09. The van der Waals surface area contributed by atoms with Crippen molar-refractivity contribution in [1.29, 1.82) is 0 Å². The first-order chi connectivity index (χ1) is 8.70. The van der Waals surface area contributed by atoms with Gasteiger partial charge in [-0.3, -0.25) is 4.79 Å². The molecule has 0 aliphatic carbocycles. The van der Waals surface area contributed by atoms with Gasteiger partial charge in [0.2, 0.25) is 5.91 Å². The number of benzene rings is 1. The van der Waals surface area contributed by atoms with Crippen LogP contribution >= 0.6 is 34.7 Å². The molecular weight excluding hydrogens is 288 g/mol. The Labute approximate surface area is 119 Å². The molecule has 18 heavy (non-hydrogen) atoms. The third-order valence-corrected chi connectivity index (χ3v) is 3.81. The highest BCUT2D eigenvalue weighted by Crippen LogP contribution is 2.30. The number of hydrogen-bond acceptors (Lipinski definition) is 4. The Kier molecular flexibility index (Phi) is 4.63. The minimum absolute atomic E-state index is 0.0393. The minimum Gasteiger partial charge on any atom is -0.301 e. The molecular formula is C12H11ClN2OS2. The van der Waals surface area contributed by atoms with Gasteiger partial charge in [0.25, 0.3) is 0 Å². The van der Waals surface area contributed by atoms with Gasteiger partial charge < -0.3 is 5.32 Å². The van der Waals surface area contributed by atoms with Crippen LogP contribution < -0.4 is 5.32 Å². The number of nitrogens with zero attached hydrogens (tertiary/aromatic N) is 1. The number of hydrogen-bond donors (Lipinski definition) is 1. The Morgan fingerprint density at radius 1 is 1.50 bits per heavy atom. The van der Waals surface area contributed by atoms with Crippen molar-refractivity contribution < 1.29 is 4.79 Å². The van der Waals surface area contributed by atoms with Gasteiger partial charge in [-0.15, -0.1) is 11.3 Å². The predicted octanol–water partition coefficient (Wildman–Crippen LogP) is 3.77. The molecule has 0 radical (unpaired) electrons. The Morgan fingerprint density at radius 2 is 2.28 bits per heavy atom. The third-order valence-electron chi connectivity index (χ3n) is 2.18. The average molecular weight is 299 g/mol. The van der Waals surface area contributed by atoms with Gasteiger partial charge in [-0.25, -0.2) is 4.98 Å². The Bertz CT molecular complexity index is 557. The summed E-state index contributed by atoms with van der Waals surface area (Å²) in [5.41, 5.74) is 1.66. The number of aromatic nitrogens is 1. The predicted molar refractivity (Wildman–Crippen MR) is 79.6 cm³/mol. The summed E-state index contributed by atoms with van der Waals surface area (Å²) in [5, 5.41) is 5.90. The summed E-state index contributed by atoms with van der Waals surface area (Å²) >= 11 is 8.97. The van der Waals surface area contributed by atoms with E-state index in [0.29, 0.717) is 15.9 Å². The second kappa shape index (κ2) is 6.22. The fraction of sp³-hybridized carbons (Fsp3) is 0.167. The van der Waals surface area contributed by atoms with Crippen molar-refractivity contribution in [3.8, 4) is 11.3 Å². The van der Waals surface area contributed by atoms with E-state index in [0.717, 1.165) is 11.3 Å². The molecule has 2 aromatic rings. The van der Waals surface area contributed by atoms with Gasteiger partial charge in [0.1, 0.15) is 0 Å². The molecule has 0 saturated heterocycles. The summed E-state index contributed by atoms with van der Waals surface area (Å²) in [6.07, 6.45) is 1.89. The molecule has 0 spiro atoms. The molecule has 0 atom stereocenters. The third kappa shape index (κ3) is 3.25. The molecule has 0 bridgehead atoms. The van der Waals surface area contributed by atoms with Crippen LogP contribution in [0.25, 0.3) is 11.3 Å². The van der Waals surface area contributed by atoms with Crippen LogP contribution in [0.5, 0.6) is 0 Å². The number of halogens is 1. The fourth-order valence-corrected chi connectivity index (χ4v) is 2.70. The average Bonchev–Trinajstić information content (AvgIpc) is 2.78. The zero-order valence-corrected chi connectivity index (χ0v) is 12.0. The molecule has 94 valence electrons. The number of carbonyl (C=O) groups excluding carboxylic acids is 1. The summed E-state index contributed by atoms with van der Waals surface area (Å²) in [5.74, 6) is 0.392. The van der Waals surface area contributed by atoms with E-state index in [9.17, 15) is 4.79 Å². The molecule has 6 heteroatoms. The van der Waals surface area contributed by atoms with Crippen LogP contribution in [-0.4, -0.2) is 22.9 Å². The maximum absolute atomic E-state index is 11.4. The minimum atomic E-state index is -0.0393. The van der Waals surface area contributed by atoms with E-state index in [4.69, 9.17) is 11.6 Å². The van der Waals surface area contributed by atoms with Crippen LogP contribution in [0.1, 0.15) is 0 Å². The molecule has 1 amide bonds. The molecule has 0 aliphatic rings. The summed E-state index contributed by atoms with van der Waals surface area (Å²) < 4.78 is 0. The van der Waals surface area contributed by atoms with E-state index >= 15 is 0 Å². The van der Waals surface area contributed by atoms with Crippen LogP contribution in [0.3, 0.4) is 0 Å². The normalized spacial score (nSPS) is 10.3. The molecule has 1 heterocycles. The first kappa shape index (κ1) is 13.4. The van der Waals surface area contributed by atoms with Crippen molar-refractivity contribution in [3.63, 3.8) is 0 Å². The van der Waals surface area contributed by atoms with E-state index < -0.39 is 0 Å². The van der Waals surface area contributed by atoms with Crippen molar-refractivity contribution >= 4 is 45.7 Å². The van der Waals surface area contributed by atoms with Crippen molar-refractivity contribution in [2.45, 2.75) is 0 Å². The second-order valence-corrected chi connectivity index (χ2v) is 5.63. The van der Waals surface area contributed by atoms with Crippen LogP contribution in [0.15, 0.2) is 29.6 Å². The summed E-state index contributed by atoms with van der Waals surface area (Å²) in [6.45, 7) is 0. The van der Waals surface area contributed by atoms with Crippen molar-refractivity contribution in [3.05, 3.63) is 34.7 Å². The lowest BCUT2D eigenvalue weighted by Crippen LogP contribution is -2.13. The van der Waals surface area contributed by atoms with E-state index in [-0.39, 0.29) is 5.91 Å². The molecule has 0 fully saturated rings. The van der Waals surface area contributed by atoms with Crippen molar-refractivity contribution in [1.82, 2.24) is 4.98 Å². The van der Waals surface area contributed by atoms with Crippen LogP contribution in [-0.2, 0) is 4.79 Å². The SMILES string of the molecule is CSCC(=O)Nc1nc(-c2ccccc2Cl)cs1. The maximum atomic E-state index is 11.4.